The predicted octanol–water partition coefficient (Wildman–Crippen LogP) is 3.18. The Labute approximate surface area is 130 Å². The van der Waals surface area contributed by atoms with Gasteiger partial charge in [0, 0.05) is 25.7 Å². The maximum absolute atomic E-state index is 12.9. The normalized spacial score (nSPS) is 14.3. The molecule has 4 heteroatoms. The van der Waals surface area contributed by atoms with Crippen molar-refractivity contribution in [3.8, 4) is 5.75 Å². The lowest BCUT2D eigenvalue weighted by Gasteiger charge is -2.24. The summed E-state index contributed by atoms with van der Waals surface area (Å²) in [5, 5.41) is 0. The van der Waals surface area contributed by atoms with Crippen LogP contribution in [0.4, 0.5) is 11.4 Å². The molecular formula is C18H20N2O2. The number of benzene rings is 2. The quantitative estimate of drug-likeness (QED) is 0.853. The molecular weight excluding hydrogens is 276 g/mol. The van der Waals surface area contributed by atoms with Crippen molar-refractivity contribution in [2.45, 2.75) is 6.42 Å². The Balaban J connectivity index is 1.95. The summed E-state index contributed by atoms with van der Waals surface area (Å²) in [5.74, 6) is 0.790. The SMILES string of the molecule is COc1ccc(C(=O)N2CCCN(C)c3ccccc32)cc1. The minimum atomic E-state index is 0.0328. The molecule has 22 heavy (non-hydrogen) atoms. The third-order valence-electron chi connectivity index (χ3n) is 4.04. The minimum Gasteiger partial charge on any atom is -0.497 e. The van der Waals surface area contributed by atoms with Crippen LogP contribution in [0.25, 0.3) is 0 Å². The van der Waals surface area contributed by atoms with Gasteiger partial charge >= 0.3 is 0 Å². The first-order valence-electron chi connectivity index (χ1n) is 7.47. The number of para-hydroxylation sites is 2. The molecule has 0 spiro atoms. The molecule has 0 aromatic heterocycles. The highest BCUT2D eigenvalue weighted by Gasteiger charge is 2.23. The van der Waals surface area contributed by atoms with Gasteiger partial charge < -0.3 is 14.5 Å². The van der Waals surface area contributed by atoms with Crippen LogP contribution in [0, 0.1) is 0 Å². The molecule has 0 atom stereocenters. The molecule has 0 fully saturated rings. The van der Waals surface area contributed by atoms with Gasteiger partial charge in [0.2, 0.25) is 0 Å². The predicted molar refractivity (Wildman–Crippen MR) is 89.0 cm³/mol. The first kappa shape index (κ1) is 14.4. The fourth-order valence-corrected chi connectivity index (χ4v) is 2.82. The molecule has 1 aliphatic rings. The molecule has 0 saturated heterocycles. The summed E-state index contributed by atoms with van der Waals surface area (Å²) in [5.41, 5.74) is 2.75. The first-order chi connectivity index (χ1) is 10.7. The van der Waals surface area contributed by atoms with Gasteiger partial charge in [0.1, 0.15) is 5.75 Å². The highest BCUT2D eigenvalue weighted by molar-refractivity contribution is 6.08. The highest BCUT2D eigenvalue weighted by Crippen LogP contribution is 2.32. The molecule has 0 aliphatic carbocycles. The van der Waals surface area contributed by atoms with Crippen LogP contribution in [0.2, 0.25) is 0 Å². The van der Waals surface area contributed by atoms with Gasteiger partial charge in [-0.15, -0.1) is 0 Å². The molecule has 1 heterocycles. The molecule has 0 unspecified atom stereocenters. The summed E-state index contributed by atoms with van der Waals surface area (Å²) < 4.78 is 5.15. The average molecular weight is 296 g/mol. The third kappa shape index (κ3) is 2.64. The van der Waals surface area contributed by atoms with E-state index in [9.17, 15) is 4.79 Å². The van der Waals surface area contributed by atoms with Crippen molar-refractivity contribution >= 4 is 17.3 Å². The van der Waals surface area contributed by atoms with E-state index >= 15 is 0 Å². The molecule has 0 radical (unpaired) electrons. The second-order valence-electron chi connectivity index (χ2n) is 5.45. The zero-order valence-corrected chi connectivity index (χ0v) is 13.0. The molecule has 0 saturated carbocycles. The Morgan fingerprint density at radius 2 is 1.68 bits per heavy atom. The number of nitrogens with zero attached hydrogens (tertiary/aromatic N) is 2. The van der Waals surface area contributed by atoms with Crippen molar-refractivity contribution in [1.29, 1.82) is 0 Å². The largest absolute Gasteiger partial charge is 0.497 e. The third-order valence-corrected chi connectivity index (χ3v) is 4.04. The summed E-state index contributed by atoms with van der Waals surface area (Å²) >= 11 is 0. The smallest absolute Gasteiger partial charge is 0.258 e. The monoisotopic (exact) mass is 296 g/mol. The number of fused-ring (bicyclic) bond motifs is 1. The number of amides is 1. The molecule has 2 aromatic rings. The van der Waals surface area contributed by atoms with E-state index < -0.39 is 0 Å². The van der Waals surface area contributed by atoms with Crippen molar-refractivity contribution in [3.05, 3.63) is 54.1 Å². The van der Waals surface area contributed by atoms with Crippen molar-refractivity contribution in [3.63, 3.8) is 0 Å². The van der Waals surface area contributed by atoms with Crippen molar-refractivity contribution < 1.29 is 9.53 Å². The summed E-state index contributed by atoms with van der Waals surface area (Å²) in [6.45, 7) is 1.68. The van der Waals surface area contributed by atoms with Gasteiger partial charge in [-0.25, -0.2) is 0 Å². The van der Waals surface area contributed by atoms with Gasteiger partial charge in [-0.2, -0.15) is 0 Å². The number of carbonyl (C=O) groups excluding carboxylic acids is 1. The van der Waals surface area contributed by atoms with E-state index in [2.05, 4.69) is 18.0 Å². The lowest BCUT2D eigenvalue weighted by Crippen LogP contribution is -2.31. The average Bonchev–Trinajstić information content (AvgIpc) is 2.74. The highest BCUT2D eigenvalue weighted by atomic mass is 16.5. The van der Waals surface area contributed by atoms with Gasteiger partial charge in [0.05, 0.1) is 18.5 Å². The van der Waals surface area contributed by atoms with Crippen LogP contribution in [0.5, 0.6) is 5.75 Å². The second kappa shape index (κ2) is 6.10. The van der Waals surface area contributed by atoms with Gasteiger partial charge in [0.25, 0.3) is 5.91 Å². The maximum atomic E-state index is 12.9. The van der Waals surface area contributed by atoms with Crippen molar-refractivity contribution in [1.82, 2.24) is 0 Å². The molecule has 3 rings (SSSR count). The molecule has 0 bridgehead atoms. The molecule has 1 amide bonds. The van der Waals surface area contributed by atoms with E-state index in [-0.39, 0.29) is 5.91 Å². The number of anilines is 2. The van der Waals surface area contributed by atoms with Gasteiger partial charge in [0.15, 0.2) is 0 Å². The van der Waals surface area contributed by atoms with Crippen LogP contribution in [0.1, 0.15) is 16.8 Å². The Bertz CT molecular complexity index is 667. The fraction of sp³-hybridized carbons (Fsp3) is 0.278. The summed E-state index contributed by atoms with van der Waals surface area (Å²) in [6, 6.07) is 15.3. The molecule has 4 nitrogen and oxygen atoms in total. The van der Waals surface area contributed by atoms with Gasteiger partial charge in [-0.3, -0.25) is 4.79 Å². The topological polar surface area (TPSA) is 32.8 Å². The van der Waals surface area contributed by atoms with Crippen molar-refractivity contribution in [2.75, 3.05) is 37.0 Å². The minimum absolute atomic E-state index is 0.0328. The molecule has 114 valence electrons. The van der Waals surface area contributed by atoms with Gasteiger partial charge in [-0.1, -0.05) is 12.1 Å². The Kier molecular flexibility index (Phi) is 4.00. The van der Waals surface area contributed by atoms with E-state index in [0.717, 1.165) is 36.6 Å². The zero-order valence-electron chi connectivity index (χ0n) is 13.0. The Hall–Kier alpha value is -2.49. The summed E-state index contributed by atoms with van der Waals surface area (Å²) in [4.78, 5) is 17.0. The molecule has 0 N–H and O–H groups in total. The van der Waals surface area contributed by atoms with Gasteiger partial charge in [-0.05, 0) is 42.8 Å². The van der Waals surface area contributed by atoms with Crippen LogP contribution in [-0.4, -0.2) is 33.2 Å². The first-order valence-corrected chi connectivity index (χ1v) is 7.47. The van der Waals surface area contributed by atoms with Crippen LogP contribution in [0.15, 0.2) is 48.5 Å². The zero-order chi connectivity index (χ0) is 15.5. The van der Waals surface area contributed by atoms with Crippen LogP contribution < -0.4 is 14.5 Å². The van der Waals surface area contributed by atoms with Crippen molar-refractivity contribution in [2.24, 2.45) is 0 Å². The summed E-state index contributed by atoms with van der Waals surface area (Å²) in [7, 11) is 3.69. The number of hydrogen-bond donors (Lipinski definition) is 0. The molecule has 1 aliphatic heterocycles. The standard InChI is InChI=1S/C18H20N2O2/c1-19-12-5-13-20(17-7-4-3-6-16(17)19)18(21)14-8-10-15(22-2)11-9-14/h3-4,6-11H,5,12-13H2,1-2H3. The number of ether oxygens (including phenoxy) is 1. The lowest BCUT2D eigenvalue weighted by molar-refractivity contribution is 0.0987. The van der Waals surface area contributed by atoms with E-state index in [4.69, 9.17) is 4.74 Å². The number of carbonyl (C=O) groups is 1. The van der Waals surface area contributed by atoms with Crippen LogP contribution in [-0.2, 0) is 0 Å². The van der Waals surface area contributed by atoms with Crippen LogP contribution in [0.3, 0.4) is 0 Å². The van der Waals surface area contributed by atoms with E-state index in [1.54, 1.807) is 7.11 Å². The Morgan fingerprint density at radius 1 is 1.00 bits per heavy atom. The molecule has 2 aromatic carbocycles. The number of methoxy groups -OCH3 is 1. The van der Waals surface area contributed by atoms with E-state index in [1.807, 2.05) is 47.4 Å². The maximum Gasteiger partial charge on any atom is 0.258 e. The Morgan fingerprint density at radius 3 is 2.36 bits per heavy atom. The number of hydrogen-bond acceptors (Lipinski definition) is 3. The van der Waals surface area contributed by atoms with E-state index in [0.29, 0.717) is 5.56 Å². The summed E-state index contributed by atoms with van der Waals surface area (Å²) in [6.07, 6.45) is 0.951. The van der Waals surface area contributed by atoms with E-state index in [1.165, 1.54) is 0 Å². The van der Waals surface area contributed by atoms with Crippen LogP contribution >= 0.6 is 0 Å². The fourth-order valence-electron chi connectivity index (χ4n) is 2.82. The number of rotatable bonds is 2. The lowest BCUT2D eigenvalue weighted by atomic mass is 10.1. The second-order valence-corrected chi connectivity index (χ2v) is 5.45.